The Morgan fingerprint density at radius 1 is 1.24 bits per heavy atom. The molecule has 0 saturated heterocycles. The van der Waals surface area contributed by atoms with E-state index in [4.69, 9.17) is 5.11 Å². The minimum Gasteiger partial charge on any atom is -0.507 e. The van der Waals surface area contributed by atoms with Gasteiger partial charge in [0.1, 0.15) is 5.75 Å². The summed E-state index contributed by atoms with van der Waals surface area (Å²) in [6.07, 6.45) is 1.18. The lowest BCUT2D eigenvalue weighted by Gasteiger charge is -2.16. The van der Waals surface area contributed by atoms with Gasteiger partial charge in [-0.15, -0.1) is 0 Å². The zero-order valence-corrected chi connectivity index (χ0v) is 8.93. The maximum Gasteiger partial charge on any atom is 0.213 e. The lowest BCUT2D eigenvalue weighted by atomic mass is 9.92. The molecule has 0 bridgehead atoms. The first kappa shape index (κ1) is 11.3. The Bertz CT molecular complexity index is 519. The van der Waals surface area contributed by atoms with Crippen LogP contribution in [-0.2, 0) is 0 Å². The number of benzene rings is 1. The van der Waals surface area contributed by atoms with E-state index in [1.165, 1.54) is 24.3 Å². The average Bonchev–Trinajstić information content (AvgIpc) is 2.32. The predicted molar refractivity (Wildman–Crippen MR) is 59.9 cm³/mol. The van der Waals surface area contributed by atoms with Crippen LogP contribution in [0.1, 0.15) is 20.7 Å². The molecule has 17 heavy (non-hydrogen) atoms. The van der Waals surface area contributed by atoms with E-state index >= 15 is 0 Å². The van der Waals surface area contributed by atoms with Crippen molar-refractivity contribution < 1.29 is 19.8 Å². The van der Waals surface area contributed by atoms with Crippen molar-refractivity contribution in [3.05, 3.63) is 41.1 Å². The van der Waals surface area contributed by atoms with Gasteiger partial charge in [0.25, 0.3) is 0 Å². The van der Waals surface area contributed by atoms with Gasteiger partial charge in [-0.1, -0.05) is 12.1 Å². The van der Waals surface area contributed by atoms with Gasteiger partial charge in [-0.2, -0.15) is 0 Å². The largest absolute Gasteiger partial charge is 0.507 e. The fourth-order valence-corrected chi connectivity index (χ4v) is 1.72. The number of ketones is 2. The summed E-state index contributed by atoms with van der Waals surface area (Å²) >= 11 is 0. The topological polar surface area (TPSA) is 86.6 Å². The third-order valence-electron chi connectivity index (χ3n) is 2.48. The molecule has 0 radical (unpaired) electrons. The molecule has 0 heterocycles. The second-order valence-corrected chi connectivity index (χ2v) is 3.60. The number of hydrogen-bond donors (Lipinski definition) is 3. The fourth-order valence-electron chi connectivity index (χ4n) is 1.72. The average molecular weight is 233 g/mol. The van der Waals surface area contributed by atoms with Crippen LogP contribution in [0.2, 0.25) is 0 Å². The Labute approximate surface area is 97.4 Å². The zero-order chi connectivity index (χ0) is 12.4. The molecule has 88 valence electrons. The van der Waals surface area contributed by atoms with Crippen molar-refractivity contribution in [2.24, 2.45) is 0 Å². The van der Waals surface area contributed by atoms with Gasteiger partial charge in [0.15, 0.2) is 5.78 Å². The van der Waals surface area contributed by atoms with Crippen LogP contribution in [0.15, 0.2) is 30.0 Å². The smallest absolute Gasteiger partial charge is 0.213 e. The van der Waals surface area contributed by atoms with Crippen molar-refractivity contribution in [2.45, 2.75) is 0 Å². The van der Waals surface area contributed by atoms with Crippen molar-refractivity contribution >= 4 is 11.6 Å². The van der Waals surface area contributed by atoms with Crippen LogP contribution in [0.3, 0.4) is 0 Å². The summed E-state index contributed by atoms with van der Waals surface area (Å²) in [6, 6.07) is 4.37. The van der Waals surface area contributed by atoms with E-state index in [1.54, 1.807) is 0 Å². The zero-order valence-electron chi connectivity index (χ0n) is 8.93. The number of nitrogens with one attached hydrogen (secondary N) is 1. The van der Waals surface area contributed by atoms with Gasteiger partial charge < -0.3 is 15.5 Å². The Kier molecular flexibility index (Phi) is 2.93. The van der Waals surface area contributed by atoms with E-state index in [0.29, 0.717) is 0 Å². The summed E-state index contributed by atoms with van der Waals surface area (Å²) < 4.78 is 0. The molecule has 3 N–H and O–H groups in total. The number of aliphatic hydroxyl groups is 1. The molecule has 0 saturated carbocycles. The third-order valence-corrected chi connectivity index (χ3v) is 2.48. The first-order chi connectivity index (χ1) is 8.15. The minimum absolute atomic E-state index is 0.0143. The van der Waals surface area contributed by atoms with Crippen molar-refractivity contribution in [3.63, 3.8) is 0 Å². The molecule has 1 aliphatic rings. The number of carbonyl (C=O) groups excluding carboxylic acids is 2. The van der Waals surface area contributed by atoms with Crippen LogP contribution in [0.25, 0.3) is 0 Å². The number of Topliss-reactive ketones (excluding diaryl/α,β-unsaturated/α-hetero) is 1. The molecule has 5 heteroatoms. The standard InChI is InChI=1S/C12H11NO4/c14-5-4-13-8-6-10(16)7-2-1-3-9(15)11(7)12(8)17/h1-3,6,13-15H,4-5H2. The SMILES string of the molecule is O=C1C=C(NCCO)C(=O)c2c(O)cccc21. The lowest BCUT2D eigenvalue weighted by molar-refractivity contribution is 0.0975. The van der Waals surface area contributed by atoms with Crippen molar-refractivity contribution in [3.8, 4) is 5.75 Å². The van der Waals surface area contributed by atoms with Gasteiger partial charge in [-0.25, -0.2) is 0 Å². The lowest BCUT2D eigenvalue weighted by Crippen LogP contribution is -2.28. The number of phenolic OH excluding ortho intramolecular Hbond substituents is 1. The van der Waals surface area contributed by atoms with E-state index < -0.39 is 5.78 Å². The Morgan fingerprint density at radius 3 is 2.71 bits per heavy atom. The number of fused-ring (bicyclic) bond motifs is 1. The second kappa shape index (κ2) is 4.39. The molecule has 5 nitrogen and oxygen atoms in total. The van der Waals surface area contributed by atoms with Crippen LogP contribution >= 0.6 is 0 Å². The molecule has 0 unspecified atom stereocenters. The van der Waals surface area contributed by atoms with Gasteiger partial charge in [-0.3, -0.25) is 9.59 Å². The third kappa shape index (κ3) is 1.92. The summed E-state index contributed by atoms with van der Waals surface area (Å²) in [6.45, 7) is 0.0280. The first-order valence-electron chi connectivity index (χ1n) is 5.12. The van der Waals surface area contributed by atoms with E-state index in [2.05, 4.69) is 5.32 Å². The van der Waals surface area contributed by atoms with Crippen LogP contribution in [0.4, 0.5) is 0 Å². The Morgan fingerprint density at radius 2 is 2.00 bits per heavy atom. The van der Waals surface area contributed by atoms with Crippen molar-refractivity contribution in [1.82, 2.24) is 5.32 Å². The van der Waals surface area contributed by atoms with Gasteiger partial charge >= 0.3 is 0 Å². The van der Waals surface area contributed by atoms with Crippen LogP contribution in [0, 0.1) is 0 Å². The van der Waals surface area contributed by atoms with Gasteiger partial charge in [-0.05, 0) is 6.07 Å². The number of aliphatic hydroxyl groups excluding tert-OH is 1. The first-order valence-corrected chi connectivity index (χ1v) is 5.12. The summed E-state index contributed by atoms with van der Waals surface area (Å²) in [5.74, 6) is -0.987. The van der Waals surface area contributed by atoms with Crippen molar-refractivity contribution in [1.29, 1.82) is 0 Å². The highest BCUT2D eigenvalue weighted by Gasteiger charge is 2.27. The molecule has 0 fully saturated rings. The molecule has 2 rings (SSSR count). The van der Waals surface area contributed by atoms with Gasteiger partial charge in [0, 0.05) is 18.2 Å². The number of aromatic hydroxyl groups is 1. The second-order valence-electron chi connectivity index (χ2n) is 3.60. The quantitative estimate of drug-likeness (QED) is 0.696. The minimum atomic E-state index is -0.439. The van der Waals surface area contributed by atoms with Crippen LogP contribution < -0.4 is 5.32 Å². The van der Waals surface area contributed by atoms with E-state index in [1.807, 2.05) is 0 Å². The van der Waals surface area contributed by atoms with Crippen LogP contribution in [0.5, 0.6) is 5.75 Å². The maximum absolute atomic E-state index is 12.0. The Hall–Kier alpha value is -2.14. The Balaban J connectivity index is 2.44. The van der Waals surface area contributed by atoms with Crippen LogP contribution in [-0.4, -0.2) is 34.9 Å². The summed E-state index contributed by atoms with van der Waals surface area (Å²) in [7, 11) is 0. The fraction of sp³-hybridized carbons (Fsp3) is 0.167. The predicted octanol–water partition coefficient (Wildman–Crippen LogP) is 0.237. The van der Waals surface area contributed by atoms with Crippen molar-refractivity contribution in [2.75, 3.05) is 13.2 Å². The number of phenols is 1. The molecule has 0 atom stereocenters. The summed E-state index contributed by atoms with van der Waals surface area (Å²) in [5, 5.41) is 20.9. The monoisotopic (exact) mass is 233 g/mol. The number of hydrogen-bond acceptors (Lipinski definition) is 5. The summed E-state index contributed by atoms with van der Waals surface area (Å²) in [4.78, 5) is 23.7. The molecular weight excluding hydrogens is 222 g/mol. The molecular formula is C12H11NO4. The highest BCUT2D eigenvalue weighted by molar-refractivity contribution is 6.25. The number of carbonyl (C=O) groups is 2. The molecule has 0 amide bonds. The normalized spacial score (nSPS) is 14.3. The highest BCUT2D eigenvalue weighted by Crippen LogP contribution is 2.27. The van der Waals surface area contributed by atoms with E-state index in [-0.39, 0.29) is 41.5 Å². The molecule has 1 aliphatic carbocycles. The highest BCUT2D eigenvalue weighted by atomic mass is 16.3. The van der Waals surface area contributed by atoms with E-state index in [9.17, 15) is 14.7 Å². The molecule has 1 aromatic carbocycles. The number of allylic oxidation sites excluding steroid dienone is 2. The molecule has 0 spiro atoms. The summed E-state index contributed by atoms with van der Waals surface area (Å²) in [5.41, 5.74) is 0.308. The molecule has 0 aliphatic heterocycles. The molecule has 0 aromatic heterocycles. The maximum atomic E-state index is 12.0. The molecule has 1 aromatic rings. The van der Waals surface area contributed by atoms with E-state index in [0.717, 1.165) is 0 Å². The number of rotatable bonds is 3. The van der Waals surface area contributed by atoms with Gasteiger partial charge in [0.05, 0.1) is 17.9 Å². The van der Waals surface area contributed by atoms with Gasteiger partial charge in [0.2, 0.25) is 5.78 Å².